The van der Waals surface area contributed by atoms with Crippen LogP contribution in [0, 0.1) is 17.8 Å². The second-order valence-electron chi connectivity index (χ2n) is 15.2. The summed E-state index contributed by atoms with van der Waals surface area (Å²) in [7, 11) is 1.63. The van der Waals surface area contributed by atoms with E-state index in [0.717, 1.165) is 44.9 Å². The molecule has 0 radical (unpaired) electrons. The van der Waals surface area contributed by atoms with E-state index in [1.807, 2.05) is 20.8 Å². The van der Waals surface area contributed by atoms with Crippen molar-refractivity contribution in [2.75, 3.05) is 40.0 Å². The zero-order valence-corrected chi connectivity index (χ0v) is 32.5. The Balaban J connectivity index is 2.54. The van der Waals surface area contributed by atoms with Crippen molar-refractivity contribution < 1.29 is 38.6 Å². The van der Waals surface area contributed by atoms with Crippen LogP contribution < -0.4 is 32.7 Å². The maximum Gasteiger partial charge on any atom is 0.245 e. The third-order valence-electron chi connectivity index (χ3n) is 10.1. The van der Waals surface area contributed by atoms with Crippen molar-refractivity contribution in [1.82, 2.24) is 26.2 Å². The van der Waals surface area contributed by atoms with E-state index in [2.05, 4.69) is 28.2 Å². The molecule has 8 atom stereocenters. The van der Waals surface area contributed by atoms with Crippen LogP contribution in [-0.4, -0.2) is 122 Å². The molecule has 1 unspecified atom stereocenters. The number of nitrogens with zero attached hydrogens (tertiary/aromatic N) is 1. The fraction of sp³-hybridized carbons (Fsp3) is 0.865. The highest BCUT2D eigenvalue weighted by atomic mass is 16.5. The van der Waals surface area contributed by atoms with Crippen LogP contribution in [0.5, 0.6) is 0 Å². The van der Waals surface area contributed by atoms with Gasteiger partial charge in [0.1, 0.15) is 24.2 Å². The summed E-state index contributed by atoms with van der Waals surface area (Å²) < 4.78 is 11.9. The summed E-state index contributed by atoms with van der Waals surface area (Å²) in [5.41, 5.74) is 11.5. The number of nitrogens with one attached hydrogen (secondary N) is 4. The Labute approximate surface area is 310 Å². The molecule has 15 heteroatoms. The van der Waals surface area contributed by atoms with E-state index < -0.39 is 72.0 Å². The molecule has 1 aliphatic carbocycles. The third-order valence-corrected chi connectivity index (χ3v) is 10.1. The fourth-order valence-electron chi connectivity index (χ4n) is 6.88. The number of unbranched alkanes of at least 4 members (excludes halogenated alkanes) is 3. The molecular formula is C37H69N7O8. The zero-order valence-electron chi connectivity index (χ0n) is 32.5. The van der Waals surface area contributed by atoms with Crippen molar-refractivity contribution in [3.05, 3.63) is 0 Å². The number of nitrogens with two attached hydrogens (primary N) is 2. The number of ether oxygens (including phenoxy) is 2. The first-order chi connectivity index (χ1) is 24.7. The van der Waals surface area contributed by atoms with Crippen LogP contribution in [-0.2, 0) is 33.4 Å². The van der Waals surface area contributed by atoms with Gasteiger partial charge in [0.15, 0.2) is 0 Å². The number of aliphatic hydroxyl groups is 1. The van der Waals surface area contributed by atoms with E-state index in [1.54, 1.807) is 14.0 Å². The fourth-order valence-corrected chi connectivity index (χ4v) is 6.88. The average Bonchev–Trinajstić information content (AvgIpc) is 3.12. The Bertz CT molecular complexity index is 1120. The molecule has 5 amide bonds. The molecular weight excluding hydrogens is 670 g/mol. The molecule has 300 valence electrons. The van der Waals surface area contributed by atoms with Gasteiger partial charge in [-0.2, -0.15) is 0 Å². The molecule has 15 nitrogen and oxygen atoms in total. The standard InChI is InChI=1S/C37H69N7O8/c1-7-8-9-13-16-31-25(5)37(50)44(6)30(17-23(2)3)35(48)43-32(26-14-11-10-12-15-26)36(49)41-28(19-39)33(46)42-29(22-51-21-27(45)18-38)34(47)40-24(4)20-52-31/h23-32,45H,7-22,38-39H2,1-6H3,(H,40,47)(H,41,49)(H,42,46)(H,43,48)/t24-,25-,27?,28+,29+,30+,31-,32+/m1/s1. The van der Waals surface area contributed by atoms with Gasteiger partial charge in [-0.05, 0) is 44.4 Å². The molecule has 9 N–H and O–H groups in total. The molecule has 1 saturated carbocycles. The molecule has 2 fully saturated rings. The van der Waals surface area contributed by atoms with E-state index >= 15 is 0 Å². The van der Waals surface area contributed by atoms with Gasteiger partial charge in [0.05, 0.1) is 37.9 Å². The van der Waals surface area contributed by atoms with E-state index in [4.69, 9.17) is 20.9 Å². The lowest BCUT2D eigenvalue weighted by Gasteiger charge is -2.36. The van der Waals surface area contributed by atoms with Crippen molar-refractivity contribution in [2.24, 2.45) is 29.2 Å². The summed E-state index contributed by atoms with van der Waals surface area (Å²) in [4.78, 5) is 70.9. The van der Waals surface area contributed by atoms with E-state index in [1.165, 1.54) is 4.90 Å². The van der Waals surface area contributed by atoms with Gasteiger partial charge in [-0.1, -0.05) is 72.6 Å². The topological polar surface area (TPSA) is 227 Å². The first-order valence-corrected chi connectivity index (χ1v) is 19.5. The molecule has 52 heavy (non-hydrogen) atoms. The second-order valence-corrected chi connectivity index (χ2v) is 15.2. The van der Waals surface area contributed by atoms with Crippen LogP contribution in [0.1, 0.15) is 105 Å². The summed E-state index contributed by atoms with van der Waals surface area (Å²) in [6.45, 7) is 8.95. The first-order valence-electron chi connectivity index (χ1n) is 19.5. The van der Waals surface area contributed by atoms with Crippen LogP contribution in [0.15, 0.2) is 0 Å². The molecule has 0 aromatic rings. The zero-order chi connectivity index (χ0) is 38.8. The Kier molecular flexibility index (Phi) is 20.7. The van der Waals surface area contributed by atoms with Gasteiger partial charge in [0.25, 0.3) is 0 Å². The van der Waals surface area contributed by atoms with Crippen molar-refractivity contribution in [1.29, 1.82) is 0 Å². The van der Waals surface area contributed by atoms with Crippen molar-refractivity contribution in [2.45, 2.75) is 148 Å². The third kappa shape index (κ3) is 14.9. The van der Waals surface area contributed by atoms with Crippen molar-refractivity contribution >= 4 is 29.5 Å². The maximum atomic E-state index is 14.2. The molecule has 0 spiro atoms. The van der Waals surface area contributed by atoms with Crippen LogP contribution in [0.25, 0.3) is 0 Å². The minimum Gasteiger partial charge on any atom is -0.389 e. The molecule has 0 aromatic carbocycles. The van der Waals surface area contributed by atoms with Gasteiger partial charge >= 0.3 is 0 Å². The van der Waals surface area contributed by atoms with Crippen LogP contribution >= 0.6 is 0 Å². The first kappa shape index (κ1) is 45.3. The minimum absolute atomic E-state index is 0.0495. The molecule has 2 rings (SSSR count). The molecule has 1 heterocycles. The summed E-state index contributed by atoms with van der Waals surface area (Å²) >= 11 is 0. The highest BCUT2D eigenvalue weighted by molar-refractivity contribution is 5.96. The number of amides is 5. The predicted octanol–water partition coefficient (Wildman–Crippen LogP) is 0.699. The number of rotatable bonds is 14. The molecule has 0 aromatic heterocycles. The Morgan fingerprint density at radius 1 is 0.885 bits per heavy atom. The normalized spacial score (nSPS) is 29.0. The monoisotopic (exact) mass is 740 g/mol. The highest BCUT2D eigenvalue weighted by Gasteiger charge is 2.39. The number of likely N-dealkylation sites (N-methyl/N-ethyl adjacent to an activating group) is 1. The lowest BCUT2D eigenvalue weighted by molar-refractivity contribution is -0.147. The number of carbonyl (C=O) groups excluding carboxylic acids is 5. The Morgan fingerprint density at radius 3 is 2.15 bits per heavy atom. The van der Waals surface area contributed by atoms with E-state index in [0.29, 0.717) is 25.7 Å². The smallest absolute Gasteiger partial charge is 0.245 e. The largest absolute Gasteiger partial charge is 0.389 e. The van der Waals surface area contributed by atoms with E-state index in [9.17, 15) is 29.1 Å². The molecule has 1 saturated heterocycles. The summed E-state index contributed by atoms with van der Waals surface area (Å²) in [5.74, 6) is -3.24. The summed E-state index contributed by atoms with van der Waals surface area (Å²) in [6.07, 6.45) is 7.70. The van der Waals surface area contributed by atoms with Gasteiger partial charge < -0.3 is 52.2 Å². The lowest BCUT2D eigenvalue weighted by atomic mass is 9.83. The predicted molar refractivity (Wildman–Crippen MR) is 199 cm³/mol. The number of hydrogen-bond acceptors (Lipinski definition) is 10. The number of hydrogen-bond donors (Lipinski definition) is 7. The average molecular weight is 740 g/mol. The number of aliphatic hydroxyl groups excluding tert-OH is 1. The number of carbonyl (C=O) groups is 5. The van der Waals surface area contributed by atoms with Crippen LogP contribution in [0.2, 0.25) is 0 Å². The maximum absolute atomic E-state index is 14.2. The van der Waals surface area contributed by atoms with Gasteiger partial charge in [0, 0.05) is 26.2 Å². The summed E-state index contributed by atoms with van der Waals surface area (Å²) in [6, 6.07) is -4.78. The summed E-state index contributed by atoms with van der Waals surface area (Å²) in [5, 5.41) is 21.1. The van der Waals surface area contributed by atoms with Crippen LogP contribution in [0.4, 0.5) is 0 Å². The van der Waals surface area contributed by atoms with Crippen molar-refractivity contribution in [3.8, 4) is 0 Å². The van der Waals surface area contributed by atoms with Crippen LogP contribution in [0.3, 0.4) is 0 Å². The molecule has 1 aliphatic heterocycles. The van der Waals surface area contributed by atoms with Crippen molar-refractivity contribution in [3.63, 3.8) is 0 Å². The van der Waals surface area contributed by atoms with Gasteiger partial charge in [-0.15, -0.1) is 0 Å². The van der Waals surface area contributed by atoms with Gasteiger partial charge in [0.2, 0.25) is 29.5 Å². The van der Waals surface area contributed by atoms with E-state index in [-0.39, 0.29) is 50.7 Å². The highest BCUT2D eigenvalue weighted by Crippen LogP contribution is 2.28. The minimum atomic E-state index is -1.23. The Morgan fingerprint density at radius 2 is 1.54 bits per heavy atom. The lowest BCUT2D eigenvalue weighted by Crippen LogP contribution is -2.62. The Hall–Kier alpha value is -2.85. The molecule has 0 bridgehead atoms. The molecule has 2 aliphatic rings. The van der Waals surface area contributed by atoms with Gasteiger partial charge in [-0.25, -0.2) is 0 Å². The second kappa shape index (κ2) is 23.7. The SMILES string of the molecule is CCCCCC[C@H]1OC[C@@H](C)NC(=O)[C@H](COCC(O)CN)NC(=O)[C@H](CN)NC(=O)[C@H](C2CCCCC2)NC(=O)[C@H](CC(C)C)N(C)C(=O)[C@@H]1C. The quantitative estimate of drug-likeness (QED) is 0.123. The van der Waals surface area contributed by atoms with Gasteiger partial charge in [-0.3, -0.25) is 24.0 Å².